The van der Waals surface area contributed by atoms with E-state index in [-0.39, 0.29) is 11.9 Å². The first kappa shape index (κ1) is 10.7. The third-order valence-electron chi connectivity index (χ3n) is 1.50. The van der Waals surface area contributed by atoms with Crippen LogP contribution in [-0.2, 0) is 9.53 Å². The van der Waals surface area contributed by atoms with Gasteiger partial charge in [0.15, 0.2) is 0 Å². The average molecular weight is 166 g/mol. The molecule has 0 saturated carbocycles. The lowest BCUT2D eigenvalue weighted by molar-refractivity contribution is -0.138. The summed E-state index contributed by atoms with van der Waals surface area (Å²) in [5, 5.41) is 0. The van der Waals surface area contributed by atoms with Crippen molar-refractivity contribution in [2.45, 2.75) is 12.8 Å². The summed E-state index contributed by atoms with van der Waals surface area (Å²) >= 11 is 0. The molecule has 0 atom stereocenters. The van der Waals surface area contributed by atoms with Crippen LogP contribution in [0.15, 0.2) is 38.2 Å². The van der Waals surface area contributed by atoms with Crippen molar-refractivity contribution in [1.82, 2.24) is 0 Å². The quantitative estimate of drug-likeness (QED) is 0.344. The van der Waals surface area contributed by atoms with Gasteiger partial charge in [0.1, 0.15) is 0 Å². The van der Waals surface area contributed by atoms with E-state index in [9.17, 15) is 4.79 Å². The highest BCUT2D eigenvalue weighted by atomic mass is 16.5. The summed E-state index contributed by atoms with van der Waals surface area (Å²) < 4.78 is 4.54. The van der Waals surface area contributed by atoms with Crippen molar-refractivity contribution in [2.75, 3.05) is 0 Å². The Balaban J connectivity index is 3.64. The van der Waals surface area contributed by atoms with E-state index < -0.39 is 0 Å². The lowest BCUT2D eigenvalue weighted by Gasteiger charge is -2.04. The molecule has 0 unspecified atom stereocenters. The van der Waals surface area contributed by atoms with E-state index in [4.69, 9.17) is 0 Å². The first-order chi connectivity index (χ1) is 5.74. The number of esters is 1. The predicted octanol–water partition coefficient (Wildman–Crippen LogP) is 2.44. The average Bonchev–Trinajstić information content (AvgIpc) is 2.07. The number of ether oxygens (including phenoxy) is 1. The summed E-state index contributed by atoms with van der Waals surface area (Å²) in [7, 11) is 0. The van der Waals surface area contributed by atoms with Crippen LogP contribution in [0.2, 0.25) is 0 Å². The Bertz CT molecular complexity index is 174. The molecule has 12 heavy (non-hydrogen) atoms. The van der Waals surface area contributed by atoms with Crippen molar-refractivity contribution in [1.29, 1.82) is 0 Å². The molecular weight excluding hydrogens is 152 g/mol. The summed E-state index contributed by atoms with van der Waals surface area (Å²) in [4.78, 5) is 10.8. The van der Waals surface area contributed by atoms with Gasteiger partial charge in [-0.15, -0.1) is 13.2 Å². The molecule has 0 aromatic rings. The number of carbonyl (C=O) groups excluding carboxylic acids is 1. The minimum Gasteiger partial charge on any atom is -0.435 e. The molecule has 0 radical (unpaired) electrons. The van der Waals surface area contributed by atoms with Crippen molar-refractivity contribution in [3.63, 3.8) is 0 Å². The fourth-order valence-corrected chi connectivity index (χ4v) is 0.768. The summed E-state index contributed by atoms with van der Waals surface area (Å²) in [6, 6.07) is 0. The Labute approximate surface area is 73.2 Å². The zero-order valence-corrected chi connectivity index (χ0v) is 7.16. The molecule has 0 amide bonds. The maximum absolute atomic E-state index is 10.8. The Morgan fingerprint density at radius 3 is 2.33 bits per heavy atom. The molecular formula is C10H14O2. The van der Waals surface area contributed by atoms with Gasteiger partial charge in [0.05, 0.1) is 6.26 Å². The Hall–Kier alpha value is -1.31. The molecule has 0 aromatic heterocycles. The van der Waals surface area contributed by atoms with Crippen LogP contribution in [0.1, 0.15) is 12.8 Å². The number of carbonyl (C=O) groups is 1. The van der Waals surface area contributed by atoms with Gasteiger partial charge in [-0.05, 0) is 12.3 Å². The third-order valence-corrected chi connectivity index (χ3v) is 1.50. The van der Waals surface area contributed by atoms with Gasteiger partial charge in [-0.1, -0.05) is 18.7 Å². The van der Waals surface area contributed by atoms with Crippen LogP contribution in [0.25, 0.3) is 0 Å². The fraction of sp³-hybridized carbons (Fsp3) is 0.300. The molecule has 66 valence electrons. The van der Waals surface area contributed by atoms with Crippen LogP contribution in [0, 0.1) is 5.92 Å². The number of hydrogen-bond donors (Lipinski definition) is 0. The van der Waals surface area contributed by atoms with Gasteiger partial charge in [-0.3, -0.25) is 4.79 Å². The molecule has 0 bridgehead atoms. The minimum absolute atomic E-state index is 0.183. The van der Waals surface area contributed by atoms with Crippen LogP contribution < -0.4 is 0 Å². The standard InChI is InChI=1S/C10H14O2/c1-4-9(5-2)7-8-10(11)12-6-3/h4-6,9H,1-3,7-8H2. The number of hydrogen-bond acceptors (Lipinski definition) is 2. The van der Waals surface area contributed by atoms with Crippen molar-refractivity contribution >= 4 is 5.97 Å². The van der Waals surface area contributed by atoms with Gasteiger partial charge >= 0.3 is 5.97 Å². The SMILES string of the molecule is C=COC(=O)CCC(C=C)C=C. The summed E-state index contributed by atoms with van der Waals surface area (Å²) in [5.41, 5.74) is 0. The van der Waals surface area contributed by atoms with Gasteiger partial charge in [0.25, 0.3) is 0 Å². The van der Waals surface area contributed by atoms with Crippen LogP contribution in [-0.4, -0.2) is 5.97 Å². The molecule has 0 aliphatic carbocycles. The maximum Gasteiger partial charge on any atom is 0.310 e. The molecule has 2 heteroatoms. The monoisotopic (exact) mass is 166 g/mol. The molecule has 0 aliphatic heterocycles. The first-order valence-electron chi connectivity index (χ1n) is 3.80. The van der Waals surface area contributed by atoms with E-state index in [1.165, 1.54) is 0 Å². The molecule has 0 aliphatic rings. The molecule has 0 rings (SSSR count). The van der Waals surface area contributed by atoms with Crippen molar-refractivity contribution in [2.24, 2.45) is 5.92 Å². The van der Waals surface area contributed by atoms with Gasteiger partial charge in [0.2, 0.25) is 0 Å². The zero-order chi connectivity index (χ0) is 9.40. The zero-order valence-electron chi connectivity index (χ0n) is 7.16. The van der Waals surface area contributed by atoms with Crippen molar-refractivity contribution in [3.05, 3.63) is 38.2 Å². The van der Waals surface area contributed by atoms with Crippen LogP contribution in [0.3, 0.4) is 0 Å². The van der Waals surface area contributed by atoms with E-state index in [0.29, 0.717) is 12.8 Å². The second kappa shape index (κ2) is 6.40. The maximum atomic E-state index is 10.8. The van der Waals surface area contributed by atoms with E-state index in [1.807, 2.05) is 0 Å². The minimum atomic E-state index is -0.265. The second-order valence-electron chi connectivity index (χ2n) is 2.33. The van der Waals surface area contributed by atoms with E-state index in [1.54, 1.807) is 12.2 Å². The highest BCUT2D eigenvalue weighted by Crippen LogP contribution is 2.08. The largest absolute Gasteiger partial charge is 0.435 e. The first-order valence-corrected chi connectivity index (χ1v) is 3.80. The summed E-state index contributed by atoms with van der Waals surface area (Å²) in [6.45, 7) is 10.5. The smallest absolute Gasteiger partial charge is 0.310 e. The van der Waals surface area contributed by atoms with E-state index in [0.717, 1.165) is 6.26 Å². The van der Waals surface area contributed by atoms with Crippen LogP contribution in [0.4, 0.5) is 0 Å². The Kier molecular flexibility index (Phi) is 5.70. The highest BCUT2D eigenvalue weighted by molar-refractivity contribution is 5.69. The van der Waals surface area contributed by atoms with E-state index in [2.05, 4.69) is 24.5 Å². The lowest BCUT2D eigenvalue weighted by Crippen LogP contribution is -2.02. The Morgan fingerprint density at radius 1 is 1.33 bits per heavy atom. The van der Waals surface area contributed by atoms with Gasteiger partial charge in [0, 0.05) is 6.42 Å². The van der Waals surface area contributed by atoms with Gasteiger partial charge in [-0.2, -0.15) is 0 Å². The van der Waals surface area contributed by atoms with Gasteiger partial charge in [-0.25, -0.2) is 0 Å². The molecule has 0 aromatic carbocycles. The topological polar surface area (TPSA) is 26.3 Å². The van der Waals surface area contributed by atoms with Crippen molar-refractivity contribution < 1.29 is 9.53 Å². The highest BCUT2D eigenvalue weighted by Gasteiger charge is 2.04. The molecule has 0 fully saturated rings. The molecule has 0 heterocycles. The third kappa shape index (κ3) is 4.50. The molecule has 2 nitrogen and oxygen atoms in total. The van der Waals surface area contributed by atoms with Crippen molar-refractivity contribution in [3.8, 4) is 0 Å². The molecule has 0 saturated heterocycles. The Morgan fingerprint density at radius 2 is 1.92 bits per heavy atom. The van der Waals surface area contributed by atoms with E-state index >= 15 is 0 Å². The van der Waals surface area contributed by atoms with Crippen LogP contribution in [0.5, 0.6) is 0 Å². The number of rotatable bonds is 6. The lowest BCUT2D eigenvalue weighted by atomic mass is 10.0. The normalized spacial score (nSPS) is 9.08. The number of allylic oxidation sites excluding steroid dienone is 2. The summed E-state index contributed by atoms with van der Waals surface area (Å²) in [5.74, 6) is -0.0823. The fourth-order valence-electron chi connectivity index (χ4n) is 0.768. The predicted molar refractivity (Wildman–Crippen MR) is 49.4 cm³/mol. The second-order valence-corrected chi connectivity index (χ2v) is 2.33. The van der Waals surface area contributed by atoms with Crippen LogP contribution >= 0.6 is 0 Å². The van der Waals surface area contributed by atoms with Gasteiger partial charge < -0.3 is 4.74 Å². The molecule has 0 N–H and O–H groups in total. The molecule has 0 spiro atoms. The summed E-state index contributed by atoms with van der Waals surface area (Å²) in [6.07, 6.45) is 5.72.